The average Bonchev–Trinajstić information content (AvgIpc) is 3.41. The Bertz CT molecular complexity index is 1580. The smallest absolute Gasteiger partial charge is 0.255 e. The van der Waals surface area contributed by atoms with E-state index < -0.39 is 0 Å². The molecule has 0 spiro atoms. The zero-order valence-electron chi connectivity index (χ0n) is 23.2. The van der Waals surface area contributed by atoms with Crippen LogP contribution in [-0.4, -0.2) is 66.3 Å². The number of fused-ring (bicyclic) bond motifs is 1. The SMILES string of the molecule is Cc1cn(-c2cc(NC(=O)c3ccc(C)c(Oc4cccc5c4C=NCC5)c3)cc(N3CCN(C)CC3)c2)cn1. The van der Waals surface area contributed by atoms with E-state index in [2.05, 4.69) is 50.3 Å². The number of hydrogen-bond acceptors (Lipinski definition) is 6. The van der Waals surface area contributed by atoms with Crippen molar-refractivity contribution < 1.29 is 9.53 Å². The molecule has 1 N–H and O–H groups in total. The van der Waals surface area contributed by atoms with Crippen LogP contribution in [0.5, 0.6) is 11.5 Å². The van der Waals surface area contributed by atoms with Crippen molar-refractivity contribution in [3.05, 3.63) is 95.1 Å². The fourth-order valence-electron chi connectivity index (χ4n) is 5.18. The average molecular weight is 535 g/mol. The molecule has 8 heteroatoms. The van der Waals surface area contributed by atoms with Crippen molar-refractivity contribution in [3.63, 3.8) is 0 Å². The maximum absolute atomic E-state index is 13.5. The fraction of sp³-hybridized carbons (Fsp3) is 0.281. The van der Waals surface area contributed by atoms with Gasteiger partial charge in [0.15, 0.2) is 0 Å². The highest BCUT2D eigenvalue weighted by molar-refractivity contribution is 6.05. The molecular formula is C32H34N6O2. The number of ether oxygens (including phenoxy) is 1. The van der Waals surface area contributed by atoms with E-state index in [4.69, 9.17) is 4.74 Å². The first-order chi connectivity index (χ1) is 19.4. The van der Waals surface area contributed by atoms with E-state index in [1.807, 2.05) is 67.2 Å². The topological polar surface area (TPSA) is 75.0 Å². The van der Waals surface area contributed by atoms with Gasteiger partial charge in [-0.2, -0.15) is 0 Å². The summed E-state index contributed by atoms with van der Waals surface area (Å²) >= 11 is 0. The van der Waals surface area contributed by atoms with Crippen molar-refractivity contribution in [2.75, 3.05) is 50.0 Å². The highest BCUT2D eigenvalue weighted by atomic mass is 16.5. The Morgan fingerprint density at radius 3 is 2.58 bits per heavy atom. The van der Waals surface area contributed by atoms with Gasteiger partial charge in [0.1, 0.15) is 11.5 Å². The van der Waals surface area contributed by atoms with Crippen LogP contribution < -0.4 is 15.0 Å². The van der Waals surface area contributed by atoms with Gasteiger partial charge in [-0.3, -0.25) is 9.79 Å². The number of piperazine rings is 1. The normalized spacial score (nSPS) is 15.1. The van der Waals surface area contributed by atoms with E-state index in [0.717, 1.165) is 78.8 Å². The monoisotopic (exact) mass is 534 g/mol. The van der Waals surface area contributed by atoms with E-state index in [0.29, 0.717) is 11.3 Å². The lowest BCUT2D eigenvalue weighted by Crippen LogP contribution is -2.44. The molecule has 2 aliphatic rings. The molecule has 6 rings (SSSR count). The van der Waals surface area contributed by atoms with Gasteiger partial charge in [0.25, 0.3) is 5.91 Å². The van der Waals surface area contributed by atoms with Gasteiger partial charge in [0.2, 0.25) is 0 Å². The van der Waals surface area contributed by atoms with E-state index in [1.54, 1.807) is 6.33 Å². The van der Waals surface area contributed by atoms with Crippen LogP contribution in [-0.2, 0) is 6.42 Å². The predicted octanol–water partition coefficient (Wildman–Crippen LogP) is 5.26. The number of carbonyl (C=O) groups is 1. The van der Waals surface area contributed by atoms with Crippen molar-refractivity contribution in [2.24, 2.45) is 4.99 Å². The van der Waals surface area contributed by atoms with Crippen molar-refractivity contribution in [1.29, 1.82) is 0 Å². The number of imidazole rings is 1. The molecule has 0 radical (unpaired) electrons. The van der Waals surface area contributed by atoms with Crippen LogP contribution >= 0.6 is 0 Å². The Hall–Kier alpha value is -4.43. The van der Waals surface area contributed by atoms with E-state index in [9.17, 15) is 4.79 Å². The summed E-state index contributed by atoms with van der Waals surface area (Å²) in [5.41, 5.74) is 7.43. The number of likely N-dealkylation sites (N-methyl/N-ethyl adjacent to an activating group) is 1. The molecule has 1 saturated heterocycles. The van der Waals surface area contributed by atoms with Crippen LogP contribution in [0.15, 0.2) is 72.1 Å². The number of benzene rings is 3. The van der Waals surface area contributed by atoms with Crippen LogP contribution in [0.2, 0.25) is 0 Å². The summed E-state index contributed by atoms with van der Waals surface area (Å²) in [6, 6.07) is 17.8. The van der Waals surface area contributed by atoms with Crippen LogP contribution in [0.4, 0.5) is 11.4 Å². The summed E-state index contributed by atoms with van der Waals surface area (Å²) in [6.45, 7) is 8.62. The second-order valence-corrected chi connectivity index (χ2v) is 10.6. The number of anilines is 2. The van der Waals surface area contributed by atoms with E-state index in [1.165, 1.54) is 5.56 Å². The quantitative estimate of drug-likeness (QED) is 0.365. The van der Waals surface area contributed by atoms with Crippen molar-refractivity contribution in [2.45, 2.75) is 20.3 Å². The molecule has 3 heterocycles. The summed E-state index contributed by atoms with van der Waals surface area (Å²) in [5, 5.41) is 3.14. The number of rotatable bonds is 6. The molecule has 0 bridgehead atoms. The number of aromatic nitrogens is 2. The van der Waals surface area contributed by atoms with Gasteiger partial charge in [-0.15, -0.1) is 0 Å². The van der Waals surface area contributed by atoms with Gasteiger partial charge in [0, 0.05) is 67.6 Å². The Morgan fingerprint density at radius 1 is 0.950 bits per heavy atom. The minimum Gasteiger partial charge on any atom is -0.456 e. The van der Waals surface area contributed by atoms with Crippen molar-refractivity contribution >= 4 is 23.5 Å². The maximum atomic E-state index is 13.5. The molecule has 0 aliphatic carbocycles. The molecule has 2 aliphatic heterocycles. The number of hydrogen-bond donors (Lipinski definition) is 1. The summed E-state index contributed by atoms with van der Waals surface area (Å²) < 4.78 is 8.34. The Morgan fingerprint density at radius 2 is 1.77 bits per heavy atom. The first kappa shape index (κ1) is 25.8. The van der Waals surface area contributed by atoms with E-state index in [-0.39, 0.29) is 5.91 Å². The van der Waals surface area contributed by atoms with Crippen molar-refractivity contribution in [1.82, 2.24) is 14.5 Å². The molecule has 3 aromatic carbocycles. The van der Waals surface area contributed by atoms with Gasteiger partial charge in [-0.05, 0) is 74.8 Å². The summed E-state index contributed by atoms with van der Waals surface area (Å²) in [4.78, 5) is 27.0. The third-order valence-electron chi connectivity index (χ3n) is 7.60. The van der Waals surface area contributed by atoms with Gasteiger partial charge in [0.05, 0.1) is 17.7 Å². The molecule has 40 heavy (non-hydrogen) atoms. The van der Waals surface area contributed by atoms with Gasteiger partial charge >= 0.3 is 0 Å². The number of carbonyl (C=O) groups excluding carboxylic acids is 1. The largest absolute Gasteiger partial charge is 0.456 e. The van der Waals surface area contributed by atoms with Gasteiger partial charge in [-0.25, -0.2) is 4.98 Å². The molecule has 0 saturated carbocycles. The van der Waals surface area contributed by atoms with Gasteiger partial charge in [-0.1, -0.05) is 18.2 Å². The number of aryl methyl sites for hydroxylation is 2. The molecule has 4 aromatic rings. The molecule has 0 atom stereocenters. The Balaban J connectivity index is 1.28. The van der Waals surface area contributed by atoms with Crippen molar-refractivity contribution in [3.8, 4) is 17.2 Å². The summed E-state index contributed by atoms with van der Waals surface area (Å²) in [6.07, 6.45) is 6.58. The highest BCUT2D eigenvalue weighted by Gasteiger charge is 2.18. The zero-order valence-corrected chi connectivity index (χ0v) is 23.2. The first-order valence-corrected chi connectivity index (χ1v) is 13.7. The molecule has 1 amide bonds. The summed E-state index contributed by atoms with van der Waals surface area (Å²) in [5.74, 6) is 1.22. The molecular weight excluding hydrogens is 500 g/mol. The zero-order chi connectivity index (χ0) is 27.6. The number of aliphatic imine (C=N–C) groups is 1. The minimum absolute atomic E-state index is 0.190. The lowest BCUT2D eigenvalue weighted by Gasteiger charge is -2.34. The third-order valence-corrected chi connectivity index (χ3v) is 7.60. The lowest BCUT2D eigenvalue weighted by molar-refractivity contribution is 0.102. The second-order valence-electron chi connectivity index (χ2n) is 10.6. The van der Waals surface area contributed by atoms with Crippen LogP contribution in [0.3, 0.4) is 0 Å². The lowest BCUT2D eigenvalue weighted by atomic mass is 10.0. The highest BCUT2D eigenvalue weighted by Crippen LogP contribution is 2.32. The van der Waals surface area contributed by atoms with E-state index >= 15 is 0 Å². The molecule has 204 valence electrons. The number of amides is 1. The number of nitrogens with zero attached hydrogens (tertiary/aromatic N) is 5. The standard InChI is InChI=1S/C32H34N6O2/c1-22-7-8-25(15-31(22)40-30-6-4-5-24-9-10-33-19-29(24)30)32(39)35-26-16-27(37-13-11-36(3)12-14-37)18-28(17-26)38-20-23(2)34-21-38/h4-8,15-21H,9-14H2,1-3H3,(H,35,39). The second kappa shape index (κ2) is 11.0. The number of nitrogens with one attached hydrogen (secondary N) is 1. The summed E-state index contributed by atoms with van der Waals surface area (Å²) in [7, 11) is 2.15. The van der Waals surface area contributed by atoms with Gasteiger partial charge < -0.3 is 24.4 Å². The maximum Gasteiger partial charge on any atom is 0.255 e. The van der Waals surface area contributed by atoms with Crippen LogP contribution in [0, 0.1) is 13.8 Å². The fourth-order valence-corrected chi connectivity index (χ4v) is 5.18. The predicted molar refractivity (Wildman–Crippen MR) is 160 cm³/mol. The molecule has 0 unspecified atom stereocenters. The third kappa shape index (κ3) is 5.49. The Kier molecular flexibility index (Phi) is 7.09. The molecule has 1 fully saturated rings. The van der Waals surface area contributed by atoms with Crippen LogP contribution in [0.1, 0.15) is 32.7 Å². The molecule has 8 nitrogen and oxygen atoms in total. The van der Waals surface area contributed by atoms with Crippen LogP contribution in [0.25, 0.3) is 5.69 Å². The first-order valence-electron chi connectivity index (χ1n) is 13.7. The molecule has 1 aromatic heterocycles. The minimum atomic E-state index is -0.190. The Labute approximate surface area is 234 Å².